The predicted octanol–water partition coefficient (Wildman–Crippen LogP) is 2.22. The molecule has 1 aliphatic heterocycles. The van der Waals surface area contributed by atoms with Crippen molar-refractivity contribution >= 4 is 17.5 Å². The minimum absolute atomic E-state index is 0.0787. The van der Waals surface area contributed by atoms with E-state index < -0.39 is 0 Å². The quantitative estimate of drug-likeness (QED) is 0.862. The van der Waals surface area contributed by atoms with Crippen molar-refractivity contribution in [1.29, 1.82) is 0 Å². The molecule has 0 radical (unpaired) electrons. The number of hydrogen-bond acceptors (Lipinski definition) is 3. The van der Waals surface area contributed by atoms with Gasteiger partial charge in [-0.25, -0.2) is 0 Å². The van der Waals surface area contributed by atoms with Crippen LogP contribution < -0.4 is 15.0 Å². The van der Waals surface area contributed by atoms with Crippen LogP contribution in [0.3, 0.4) is 0 Å². The minimum Gasteiger partial charge on any atom is -0.495 e. The molecule has 0 aliphatic carbocycles. The fourth-order valence-electron chi connectivity index (χ4n) is 2.91. The zero-order valence-electron chi connectivity index (χ0n) is 14.6. The van der Waals surface area contributed by atoms with E-state index >= 15 is 0 Å². The molecule has 5 heteroatoms. The number of amides is 2. The van der Waals surface area contributed by atoms with E-state index in [9.17, 15) is 9.59 Å². The van der Waals surface area contributed by atoms with Gasteiger partial charge in [-0.1, -0.05) is 42.2 Å². The van der Waals surface area contributed by atoms with Crippen LogP contribution in [0.2, 0.25) is 0 Å². The average Bonchev–Trinajstić information content (AvgIpc) is 3.07. The van der Waals surface area contributed by atoms with Crippen LogP contribution in [0.1, 0.15) is 12.0 Å². The van der Waals surface area contributed by atoms with Crippen molar-refractivity contribution in [1.82, 2.24) is 5.32 Å². The van der Waals surface area contributed by atoms with Gasteiger partial charge >= 0.3 is 0 Å². The summed E-state index contributed by atoms with van der Waals surface area (Å²) in [5.41, 5.74) is 1.60. The number of ether oxygens (including phenoxy) is 1. The third kappa shape index (κ3) is 4.04. The van der Waals surface area contributed by atoms with Crippen molar-refractivity contribution in [3.8, 4) is 17.6 Å². The number of nitrogens with zero attached hydrogens (tertiary/aromatic N) is 1. The van der Waals surface area contributed by atoms with E-state index in [-0.39, 0.29) is 30.7 Å². The van der Waals surface area contributed by atoms with Gasteiger partial charge in [-0.05, 0) is 24.3 Å². The maximum absolute atomic E-state index is 12.3. The van der Waals surface area contributed by atoms with Crippen molar-refractivity contribution < 1.29 is 14.3 Å². The molecule has 1 aliphatic rings. The highest BCUT2D eigenvalue weighted by atomic mass is 16.5. The number of carbonyl (C=O) groups excluding carboxylic acids is 2. The molecule has 0 bridgehead atoms. The molecule has 26 heavy (non-hydrogen) atoms. The van der Waals surface area contributed by atoms with Gasteiger partial charge in [0, 0.05) is 18.5 Å². The first kappa shape index (κ1) is 17.6. The van der Waals surface area contributed by atoms with Crippen molar-refractivity contribution in [3.05, 3.63) is 60.2 Å². The molecule has 1 saturated heterocycles. The highest BCUT2D eigenvalue weighted by Gasteiger charge is 2.35. The van der Waals surface area contributed by atoms with E-state index in [1.54, 1.807) is 18.1 Å². The predicted molar refractivity (Wildman–Crippen MR) is 99.8 cm³/mol. The number of anilines is 1. The van der Waals surface area contributed by atoms with E-state index in [1.807, 2.05) is 48.5 Å². The van der Waals surface area contributed by atoms with Crippen LogP contribution in [0.15, 0.2) is 54.6 Å². The van der Waals surface area contributed by atoms with Crippen molar-refractivity contribution in [2.45, 2.75) is 6.42 Å². The summed E-state index contributed by atoms with van der Waals surface area (Å²) >= 11 is 0. The van der Waals surface area contributed by atoms with Gasteiger partial charge in [0.2, 0.25) is 11.8 Å². The lowest BCUT2D eigenvalue weighted by atomic mass is 10.1. The summed E-state index contributed by atoms with van der Waals surface area (Å²) < 4.78 is 5.31. The van der Waals surface area contributed by atoms with Gasteiger partial charge in [0.25, 0.3) is 0 Å². The Labute approximate surface area is 153 Å². The zero-order valence-corrected chi connectivity index (χ0v) is 14.6. The molecule has 1 atom stereocenters. The Morgan fingerprint density at radius 2 is 1.92 bits per heavy atom. The lowest BCUT2D eigenvalue weighted by Crippen LogP contribution is -2.33. The van der Waals surface area contributed by atoms with Crippen LogP contribution in [0.5, 0.6) is 5.75 Å². The second-order valence-corrected chi connectivity index (χ2v) is 5.96. The van der Waals surface area contributed by atoms with E-state index in [1.165, 1.54) is 0 Å². The first-order chi connectivity index (χ1) is 12.7. The minimum atomic E-state index is -0.383. The van der Waals surface area contributed by atoms with Crippen molar-refractivity contribution in [2.75, 3.05) is 25.1 Å². The molecule has 2 aromatic carbocycles. The summed E-state index contributed by atoms with van der Waals surface area (Å²) in [6.45, 7) is 0.601. The Morgan fingerprint density at radius 1 is 1.19 bits per heavy atom. The molecule has 2 amide bonds. The maximum Gasteiger partial charge on any atom is 0.227 e. The fraction of sp³-hybridized carbons (Fsp3) is 0.238. The van der Waals surface area contributed by atoms with E-state index in [2.05, 4.69) is 17.2 Å². The maximum atomic E-state index is 12.3. The SMILES string of the molecule is COc1ccccc1N1CC(C(=O)NCC#Cc2ccccc2)CC1=O. The first-order valence-corrected chi connectivity index (χ1v) is 8.44. The van der Waals surface area contributed by atoms with Gasteiger partial charge < -0.3 is 15.0 Å². The van der Waals surface area contributed by atoms with E-state index in [0.29, 0.717) is 18.0 Å². The third-order valence-electron chi connectivity index (χ3n) is 4.23. The van der Waals surface area contributed by atoms with Crippen molar-refractivity contribution in [2.24, 2.45) is 5.92 Å². The molecule has 1 heterocycles. The summed E-state index contributed by atoms with van der Waals surface area (Å²) in [6, 6.07) is 16.9. The summed E-state index contributed by atoms with van der Waals surface area (Å²) in [5.74, 6) is 5.92. The zero-order chi connectivity index (χ0) is 18.4. The fourth-order valence-corrected chi connectivity index (χ4v) is 2.91. The Hall–Kier alpha value is -3.26. The number of rotatable bonds is 4. The molecule has 5 nitrogen and oxygen atoms in total. The molecule has 3 rings (SSSR count). The third-order valence-corrected chi connectivity index (χ3v) is 4.23. The van der Waals surface area contributed by atoms with Crippen LogP contribution in [0.25, 0.3) is 0 Å². The van der Waals surface area contributed by atoms with Crippen LogP contribution in [-0.4, -0.2) is 32.0 Å². The number of benzene rings is 2. The molecule has 0 saturated carbocycles. The summed E-state index contributed by atoms with van der Waals surface area (Å²) in [6.07, 6.45) is 0.190. The number of nitrogens with one attached hydrogen (secondary N) is 1. The van der Waals surface area contributed by atoms with Gasteiger partial charge in [0.15, 0.2) is 0 Å². The van der Waals surface area contributed by atoms with Gasteiger partial charge in [0.05, 0.1) is 25.3 Å². The normalized spacial score (nSPS) is 16.0. The van der Waals surface area contributed by atoms with Crippen molar-refractivity contribution in [3.63, 3.8) is 0 Å². The van der Waals surface area contributed by atoms with Gasteiger partial charge in [-0.2, -0.15) is 0 Å². The van der Waals surface area contributed by atoms with Crippen LogP contribution in [0.4, 0.5) is 5.69 Å². The van der Waals surface area contributed by atoms with Crippen LogP contribution in [-0.2, 0) is 9.59 Å². The number of para-hydroxylation sites is 2. The van der Waals surface area contributed by atoms with Crippen LogP contribution >= 0.6 is 0 Å². The second kappa shape index (κ2) is 8.21. The average molecular weight is 348 g/mol. The molecule has 1 unspecified atom stereocenters. The molecule has 2 aromatic rings. The van der Waals surface area contributed by atoms with Crippen LogP contribution in [0, 0.1) is 17.8 Å². The number of hydrogen-bond donors (Lipinski definition) is 1. The Kier molecular flexibility index (Phi) is 5.55. The largest absolute Gasteiger partial charge is 0.495 e. The van der Waals surface area contributed by atoms with E-state index in [0.717, 1.165) is 5.56 Å². The Balaban J connectivity index is 1.58. The highest BCUT2D eigenvalue weighted by Crippen LogP contribution is 2.32. The number of methoxy groups -OCH3 is 1. The van der Waals surface area contributed by atoms with E-state index in [4.69, 9.17) is 4.74 Å². The standard InChI is InChI=1S/C21H20N2O3/c1-26-19-12-6-5-11-18(19)23-15-17(14-20(23)24)21(25)22-13-7-10-16-8-3-2-4-9-16/h2-6,8-9,11-12,17H,13-15H2,1H3,(H,22,25). The molecular weight excluding hydrogens is 328 g/mol. The molecule has 132 valence electrons. The highest BCUT2D eigenvalue weighted by molar-refractivity contribution is 6.01. The molecule has 0 spiro atoms. The number of carbonyl (C=O) groups is 2. The van der Waals surface area contributed by atoms with Gasteiger partial charge in [0.1, 0.15) is 5.75 Å². The smallest absolute Gasteiger partial charge is 0.227 e. The molecular formula is C21H20N2O3. The first-order valence-electron chi connectivity index (χ1n) is 8.44. The second-order valence-electron chi connectivity index (χ2n) is 5.96. The topological polar surface area (TPSA) is 58.6 Å². The summed E-state index contributed by atoms with van der Waals surface area (Å²) in [5, 5.41) is 2.79. The molecule has 0 aromatic heterocycles. The Bertz CT molecular complexity index is 852. The summed E-state index contributed by atoms with van der Waals surface area (Å²) in [7, 11) is 1.56. The summed E-state index contributed by atoms with van der Waals surface area (Å²) in [4.78, 5) is 26.3. The monoisotopic (exact) mass is 348 g/mol. The van der Waals surface area contributed by atoms with Gasteiger partial charge in [-0.15, -0.1) is 0 Å². The lowest BCUT2D eigenvalue weighted by molar-refractivity contribution is -0.126. The molecule has 1 N–H and O–H groups in total. The molecule has 1 fully saturated rings. The van der Waals surface area contributed by atoms with Gasteiger partial charge in [-0.3, -0.25) is 9.59 Å². The Morgan fingerprint density at radius 3 is 2.69 bits per heavy atom. The lowest BCUT2D eigenvalue weighted by Gasteiger charge is -2.19.